The molecule has 2 aromatic rings. The van der Waals surface area contributed by atoms with Crippen LogP contribution in [0.15, 0.2) is 29.9 Å². The Hall–Kier alpha value is -1.79. The molecule has 18 heavy (non-hydrogen) atoms. The molecular weight excluding hydrogens is 248 g/mol. The number of carbonyl (C=O) groups is 1. The molecule has 0 aliphatic rings. The highest BCUT2D eigenvalue weighted by Crippen LogP contribution is 2.13. The van der Waals surface area contributed by atoms with Crippen LogP contribution in [0.2, 0.25) is 0 Å². The lowest BCUT2D eigenvalue weighted by Gasteiger charge is -2.12. The highest BCUT2D eigenvalue weighted by Gasteiger charge is 2.13. The van der Waals surface area contributed by atoms with Crippen molar-refractivity contribution < 1.29 is 4.79 Å². The lowest BCUT2D eigenvalue weighted by molar-refractivity contribution is 0.0935. The number of rotatable bonds is 4. The fraction of sp³-hybridized carbons (Fsp3) is 0.250. The third-order valence-corrected chi connectivity index (χ3v) is 3.38. The van der Waals surface area contributed by atoms with Gasteiger partial charge in [0.15, 0.2) is 0 Å². The van der Waals surface area contributed by atoms with Crippen molar-refractivity contribution in [2.45, 2.75) is 19.5 Å². The number of aromatic nitrogens is 2. The second-order valence-corrected chi connectivity index (χ2v) is 4.75. The molecule has 0 saturated carbocycles. The van der Waals surface area contributed by atoms with E-state index in [1.54, 1.807) is 17.8 Å². The minimum Gasteiger partial charge on any atom is -0.344 e. The predicted octanol–water partition coefficient (Wildman–Crippen LogP) is 1.49. The van der Waals surface area contributed by atoms with Gasteiger partial charge in [-0.25, -0.2) is 4.98 Å². The maximum absolute atomic E-state index is 11.9. The van der Waals surface area contributed by atoms with Crippen LogP contribution < -0.4 is 11.1 Å². The van der Waals surface area contributed by atoms with Gasteiger partial charge in [-0.2, -0.15) is 0 Å². The van der Waals surface area contributed by atoms with E-state index in [0.717, 1.165) is 10.6 Å². The van der Waals surface area contributed by atoms with E-state index in [4.69, 9.17) is 5.73 Å². The zero-order valence-electron chi connectivity index (χ0n) is 9.96. The maximum Gasteiger partial charge on any atom is 0.271 e. The van der Waals surface area contributed by atoms with E-state index in [-0.39, 0.29) is 11.9 Å². The molecule has 2 aromatic heterocycles. The van der Waals surface area contributed by atoms with Crippen LogP contribution in [0.5, 0.6) is 0 Å². The number of nitrogens with zero attached hydrogens (tertiary/aromatic N) is 2. The molecule has 1 amide bonds. The van der Waals surface area contributed by atoms with Gasteiger partial charge in [0, 0.05) is 24.3 Å². The van der Waals surface area contributed by atoms with Crippen LogP contribution in [0.1, 0.15) is 34.0 Å². The van der Waals surface area contributed by atoms with Gasteiger partial charge < -0.3 is 11.1 Å². The first-order valence-corrected chi connectivity index (χ1v) is 6.44. The molecule has 5 nitrogen and oxygen atoms in total. The Kier molecular flexibility index (Phi) is 4.01. The molecule has 0 bridgehead atoms. The van der Waals surface area contributed by atoms with E-state index in [1.807, 2.05) is 19.1 Å². The smallest absolute Gasteiger partial charge is 0.271 e. The summed E-state index contributed by atoms with van der Waals surface area (Å²) in [5.41, 5.74) is 6.89. The van der Waals surface area contributed by atoms with Crippen LogP contribution in [0.4, 0.5) is 0 Å². The van der Waals surface area contributed by atoms with Gasteiger partial charge in [0.25, 0.3) is 5.91 Å². The van der Waals surface area contributed by atoms with Crippen molar-refractivity contribution in [3.05, 3.63) is 46.2 Å². The minimum absolute atomic E-state index is 0.0801. The summed E-state index contributed by atoms with van der Waals surface area (Å²) in [4.78, 5) is 20.0. The van der Waals surface area contributed by atoms with E-state index in [0.29, 0.717) is 12.2 Å². The largest absolute Gasteiger partial charge is 0.344 e. The Morgan fingerprint density at radius 3 is 2.83 bits per heavy atom. The summed E-state index contributed by atoms with van der Waals surface area (Å²) in [5.74, 6) is -0.185. The highest BCUT2D eigenvalue weighted by molar-refractivity contribution is 7.09. The van der Waals surface area contributed by atoms with Gasteiger partial charge in [0.2, 0.25) is 0 Å². The molecule has 94 valence electrons. The van der Waals surface area contributed by atoms with Gasteiger partial charge >= 0.3 is 0 Å². The summed E-state index contributed by atoms with van der Waals surface area (Å²) in [7, 11) is 0. The summed E-state index contributed by atoms with van der Waals surface area (Å²) in [6, 6.07) is 3.66. The summed E-state index contributed by atoms with van der Waals surface area (Å²) >= 11 is 1.39. The van der Waals surface area contributed by atoms with Gasteiger partial charge in [-0.15, -0.1) is 11.3 Å². The topological polar surface area (TPSA) is 80.9 Å². The third kappa shape index (κ3) is 2.91. The van der Waals surface area contributed by atoms with E-state index in [1.165, 1.54) is 11.3 Å². The van der Waals surface area contributed by atoms with E-state index < -0.39 is 0 Å². The Morgan fingerprint density at radius 1 is 1.50 bits per heavy atom. The second-order valence-electron chi connectivity index (χ2n) is 3.81. The van der Waals surface area contributed by atoms with Crippen molar-refractivity contribution in [1.29, 1.82) is 0 Å². The Labute approximate surface area is 109 Å². The number of thiazole rings is 1. The molecule has 0 saturated heterocycles. The van der Waals surface area contributed by atoms with Crippen molar-refractivity contribution in [2.24, 2.45) is 5.73 Å². The first-order valence-electron chi connectivity index (χ1n) is 5.56. The third-order valence-electron chi connectivity index (χ3n) is 2.51. The SMILES string of the molecule is C[C@H](NC(=O)c1csc(CN)n1)c1ccncc1. The lowest BCUT2D eigenvalue weighted by Crippen LogP contribution is -2.27. The molecule has 0 fully saturated rings. The summed E-state index contributed by atoms with van der Waals surface area (Å²) < 4.78 is 0. The summed E-state index contributed by atoms with van der Waals surface area (Å²) in [5, 5.41) is 5.37. The fourth-order valence-corrected chi connectivity index (χ4v) is 2.17. The molecule has 6 heteroatoms. The monoisotopic (exact) mass is 262 g/mol. The van der Waals surface area contributed by atoms with Crippen molar-refractivity contribution in [1.82, 2.24) is 15.3 Å². The molecule has 1 atom stereocenters. The van der Waals surface area contributed by atoms with Crippen molar-refractivity contribution in [3.63, 3.8) is 0 Å². The van der Waals surface area contributed by atoms with E-state index in [2.05, 4.69) is 15.3 Å². The molecular formula is C12H14N4OS. The van der Waals surface area contributed by atoms with Crippen LogP contribution >= 0.6 is 11.3 Å². The maximum atomic E-state index is 11.9. The number of pyridine rings is 1. The van der Waals surface area contributed by atoms with Crippen molar-refractivity contribution in [3.8, 4) is 0 Å². The van der Waals surface area contributed by atoms with Gasteiger partial charge in [-0.3, -0.25) is 9.78 Å². The van der Waals surface area contributed by atoms with Crippen LogP contribution in [0, 0.1) is 0 Å². The minimum atomic E-state index is -0.185. The summed E-state index contributed by atoms with van der Waals surface area (Å²) in [6.45, 7) is 2.28. The molecule has 0 aromatic carbocycles. The molecule has 0 unspecified atom stereocenters. The lowest BCUT2D eigenvalue weighted by atomic mass is 10.1. The average Bonchev–Trinajstić information content (AvgIpc) is 2.88. The zero-order chi connectivity index (χ0) is 13.0. The van der Waals surface area contributed by atoms with Crippen LogP contribution in [-0.2, 0) is 6.54 Å². The van der Waals surface area contributed by atoms with Crippen molar-refractivity contribution in [2.75, 3.05) is 0 Å². The zero-order valence-corrected chi connectivity index (χ0v) is 10.8. The highest BCUT2D eigenvalue weighted by atomic mass is 32.1. The Balaban J connectivity index is 2.03. The second kappa shape index (κ2) is 5.70. The Morgan fingerprint density at radius 2 is 2.22 bits per heavy atom. The van der Waals surface area contributed by atoms with Crippen LogP contribution in [-0.4, -0.2) is 15.9 Å². The normalized spacial score (nSPS) is 12.1. The molecule has 0 radical (unpaired) electrons. The fourth-order valence-electron chi connectivity index (χ4n) is 1.51. The van der Waals surface area contributed by atoms with Gasteiger partial charge in [-0.1, -0.05) is 0 Å². The molecule has 2 heterocycles. The van der Waals surface area contributed by atoms with E-state index >= 15 is 0 Å². The number of nitrogens with one attached hydrogen (secondary N) is 1. The molecule has 0 spiro atoms. The van der Waals surface area contributed by atoms with E-state index in [9.17, 15) is 4.79 Å². The molecule has 0 aliphatic carbocycles. The number of nitrogens with two attached hydrogens (primary N) is 1. The first-order chi connectivity index (χ1) is 8.70. The Bertz CT molecular complexity index is 526. The van der Waals surface area contributed by atoms with Gasteiger partial charge in [0.05, 0.1) is 6.04 Å². The summed E-state index contributed by atoms with van der Waals surface area (Å²) in [6.07, 6.45) is 3.40. The van der Waals surface area contributed by atoms with Gasteiger partial charge in [0.1, 0.15) is 10.7 Å². The quantitative estimate of drug-likeness (QED) is 0.874. The van der Waals surface area contributed by atoms with Crippen LogP contribution in [0.25, 0.3) is 0 Å². The number of amides is 1. The number of hydrogen-bond acceptors (Lipinski definition) is 5. The first kappa shape index (κ1) is 12.7. The molecule has 0 aliphatic heterocycles. The molecule has 2 rings (SSSR count). The molecule has 3 N–H and O–H groups in total. The van der Waals surface area contributed by atoms with Crippen molar-refractivity contribution >= 4 is 17.2 Å². The van der Waals surface area contributed by atoms with Crippen LogP contribution in [0.3, 0.4) is 0 Å². The predicted molar refractivity (Wildman–Crippen MR) is 70.1 cm³/mol. The number of hydrogen-bond donors (Lipinski definition) is 2. The standard InChI is InChI=1S/C12H14N4OS/c1-8(9-2-4-14-5-3-9)15-12(17)10-7-18-11(6-13)16-10/h2-5,7-8H,6,13H2,1H3,(H,15,17)/t8-/m0/s1. The van der Waals surface area contributed by atoms with Gasteiger partial charge in [-0.05, 0) is 24.6 Å². The average molecular weight is 262 g/mol. The number of carbonyl (C=O) groups excluding carboxylic acids is 1.